The van der Waals surface area contributed by atoms with Crippen molar-refractivity contribution in [2.24, 2.45) is 0 Å². The molecule has 0 spiro atoms. The number of halogens is 1. The second kappa shape index (κ2) is 6.89. The lowest BCUT2D eigenvalue weighted by molar-refractivity contribution is 0.395. The monoisotopic (exact) mass is 346 g/mol. The maximum atomic E-state index is 5.89. The summed E-state index contributed by atoms with van der Waals surface area (Å²) in [6, 6.07) is 13.2. The first kappa shape index (κ1) is 15.6. The van der Waals surface area contributed by atoms with E-state index < -0.39 is 0 Å². The molecule has 0 fully saturated rings. The molecule has 0 amide bonds. The molecule has 0 unspecified atom stereocenters. The zero-order valence-corrected chi connectivity index (χ0v) is 14.2. The Morgan fingerprint density at radius 3 is 2.52 bits per heavy atom. The number of ether oxygens (including phenoxy) is 2. The van der Waals surface area contributed by atoms with E-state index in [1.54, 1.807) is 14.2 Å². The van der Waals surface area contributed by atoms with Crippen LogP contribution in [0.2, 0.25) is 5.02 Å². The van der Waals surface area contributed by atoms with Crippen LogP contribution in [0, 0.1) is 0 Å². The lowest BCUT2D eigenvalue weighted by Gasteiger charge is -2.08. The van der Waals surface area contributed by atoms with Crippen molar-refractivity contribution >= 4 is 33.8 Å². The SMILES string of the molecule is COc1ccc(-c2csc(Nc3ccc(Cl)cc3)n2)c(OC)c1. The highest BCUT2D eigenvalue weighted by atomic mass is 35.5. The molecule has 0 aliphatic rings. The maximum Gasteiger partial charge on any atom is 0.187 e. The average molecular weight is 347 g/mol. The van der Waals surface area contributed by atoms with Crippen LogP contribution in [0.5, 0.6) is 11.5 Å². The van der Waals surface area contributed by atoms with Crippen LogP contribution in [-0.4, -0.2) is 19.2 Å². The molecule has 0 aliphatic heterocycles. The highest BCUT2D eigenvalue weighted by Gasteiger charge is 2.11. The number of anilines is 2. The molecule has 3 rings (SSSR count). The predicted octanol–water partition coefficient (Wildman–Crippen LogP) is 5.22. The molecule has 3 aromatic rings. The third-order valence-electron chi connectivity index (χ3n) is 3.28. The lowest BCUT2D eigenvalue weighted by atomic mass is 10.1. The van der Waals surface area contributed by atoms with Crippen LogP contribution in [-0.2, 0) is 0 Å². The van der Waals surface area contributed by atoms with Crippen LogP contribution in [0.3, 0.4) is 0 Å². The first-order valence-corrected chi connectivity index (χ1v) is 8.16. The molecular formula is C17H15ClN2O2S. The van der Waals surface area contributed by atoms with E-state index >= 15 is 0 Å². The molecule has 0 atom stereocenters. The molecule has 0 bridgehead atoms. The molecule has 1 N–H and O–H groups in total. The van der Waals surface area contributed by atoms with E-state index in [-0.39, 0.29) is 0 Å². The average Bonchev–Trinajstić information content (AvgIpc) is 3.04. The van der Waals surface area contributed by atoms with Crippen molar-refractivity contribution < 1.29 is 9.47 Å². The van der Waals surface area contributed by atoms with E-state index in [4.69, 9.17) is 21.1 Å². The number of aromatic nitrogens is 1. The molecule has 2 aromatic carbocycles. The van der Waals surface area contributed by atoms with Gasteiger partial charge in [-0.25, -0.2) is 4.98 Å². The molecule has 118 valence electrons. The summed E-state index contributed by atoms with van der Waals surface area (Å²) in [4.78, 5) is 4.62. The zero-order valence-electron chi connectivity index (χ0n) is 12.7. The molecule has 23 heavy (non-hydrogen) atoms. The van der Waals surface area contributed by atoms with Gasteiger partial charge in [0.2, 0.25) is 0 Å². The van der Waals surface area contributed by atoms with Gasteiger partial charge in [-0.2, -0.15) is 0 Å². The topological polar surface area (TPSA) is 43.4 Å². The predicted molar refractivity (Wildman–Crippen MR) is 95.4 cm³/mol. The zero-order chi connectivity index (χ0) is 16.2. The fraction of sp³-hybridized carbons (Fsp3) is 0.118. The third-order valence-corrected chi connectivity index (χ3v) is 4.29. The molecular weight excluding hydrogens is 332 g/mol. The minimum absolute atomic E-state index is 0.707. The van der Waals surface area contributed by atoms with E-state index in [1.165, 1.54) is 11.3 Å². The number of hydrogen-bond acceptors (Lipinski definition) is 5. The molecule has 4 nitrogen and oxygen atoms in total. The van der Waals surface area contributed by atoms with Gasteiger partial charge in [0.25, 0.3) is 0 Å². The summed E-state index contributed by atoms with van der Waals surface area (Å²) in [6.07, 6.45) is 0. The van der Waals surface area contributed by atoms with Crippen LogP contribution < -0.4 is 14.8 Å². The van der Waals surface area contributed by atoms with Gasteiger partial charge in [-0.05, 0) is 36.4 Å². The van der Waals surface area contributed by atoms with Crippen LogP contribution >= 0.6 is 22.9 Å². The Bertz CT molecular complexity index is 803. The second-order valence-corrected chi connectivity index (χ2v) is 6.03. The van der Waals surface area contributed by atoms with Gasteiger partial charge in [-0.1, -0.05) is 11.6 Å². The van der Waals surface area contributed by atoms with Crippen molar-refractivity contribution in [3.8, 4) is 22.8 Å². The molecule has 0 saturated carbocycles. The van der Waals surface area contributed by atoms with Crippen molar-refractivity contribution in [1.82, 2.24) is 4.98 Å². The normalized spacial score (nSPS) is 10.4. The standard InChI is InChI=1S/C17H15ClN2O2S/c1-21-13-7-8-14(16(9-13)22-2)15-10-23-17(20-15)19-12-5-3-11(18)4-6-12/h3-10H,1-2H3,(H,19,20). The lowest BCUT2D eigenvalue weighted by Crippen LogP contribution is -1.92. The summed E-state index contributed by atoms with van der Waals surface area (Å²) in [5.41, 5.74) is 2.72. The molecule has 6 heteroatoms. The largest absolute Gasteiger partial charge is 0.497 e. The van der Waals surface area contributed by atoms with E-state index in [9.17, 15) is 0 Å². The second-order valence-electron chi connectivity index (χ2n) is 4.74. The Labute approximate surface area is 143 Å². The number of thiazole rings is 1. The Morgan fingerprint density at radius 2 is 1.83 bits per heavy atom. The van der Waals surface area contributed by atoms with Crippen molar-refractivity contribution in [2.45, 2.75) is 0 Å². The third kappa shape index (κ3) is 3.57. The summed E-state index contributed by atoms with van der Waals surface area (Å²) < 4.78 is 10.7. The van der Waals surface area contributed by atoms with Crippen LogP contribution in [0.1, 0.15) is 0 Å². The molecule has 0 radical (unpaired) electrons. The Hall–Kier alpha value is -2.24. The van der Waals surface area contributed by atoms with Crippen LogP contribution in [0.25, 0.3) is 11.3 Å². The summed E-state index contributed by atoms with van der Waals surface area (Å²) >= 11 is 7.42. The molecule has 0 aliphatic carbocycles. The Kier molecular flexibility index (Phi) is 4.69. The Morgan fingerprint density at radius 1 is 1.04 bits per heavy atom. The highest BCUT2D eigenvalue weighted by molar-refractivity contribution is 7.14. The van der Waals surface area contributed by atoms with Crippen molar-refractivity contribution in [1.29, 1.82) is 0 Å². The van der Waals surface area contributed by atoms with Gasteiger partial charge in [-0.3, -0.25) is 0 Å². The summed E-state index contributed by atoms with van der Waals surface area (Å²) in [6.45, 7) is 0. The van der Waals surface area contributed by atoms with Crippen molar-refractivity contribution in [3.63, 3.8) is 0 Å². The van der Waals surface area contributed by atoms with Gasteiger partial charge in [0.05, 0.1) is 19.9 Å². The minimum Gasteiger partial charge on any atom is -0.497 e. The number of rotatable bonds is 5. The number of nitrogens with zero attached hydrogens (tertiary/aromatic N) is 1. The van der Waals surface area contributed by atoms with Gasteiger partial charge in [-0.15, -0.1) is 11.3 Å². The first-order valence-electron chi connectivity index (χ1n) is 6.90. The van der Waals surface area contributed by atoms with Gasteiger partial charge < -0.3 is 14.8 Å². The van der Waals surface area contributed by atoms with Crippen LogP contribution in [0.4, 0.5) is 10.8 Å². The molecule has 1 aromatic heterocycles. The van der Waals surface area contributed by atoms with E-state index in [2.05, 4.69) is 10.3 Å². The van der Waals surface area contributed by atoms with E-state index in [0.717, 1.165) is 33.6 Å². The van der Waals surface area contributed by atoms with Crippen molar-refractivity contribution in [2.75, 3.05) is 19.5 Å². The number of hydrogen-bond donors (Lipinski definition) is 1. The maximum absolute atomic E-state index is 5.89. The molecule has 1 heterocycles. The van der Waals surface area contributed by atoms with E-state index in [1.807, 2.05) is 47.8 Å². The summed E-state index contributed by atoms with van der Waals surface area (Å²) in [5, 5.41) is 6.77. The van der Waals surface area contributed by atoms with Crippen LogP contribution in [0.15, 0.2) is 47.8 Å². The first-order chi connectivity index (χ1) is 11.2. The van der Waals surface area contributed by atoms with Gasteiger partial charge >= 0.3 is 0 Å². The summed E-state index contributed by atoms with van der Waals surface area (Å²) in [7, 11) is 3.27. The fourth-order valence-electron chi connectivity index (χ4n) is 2.12. The van der Waals surface area contributed by atoms with Gasteiger partial charge in [0.15, 0.2) is 5.13 Å². The fourth-order valence-corrected chi connectivity index (χ4v) is 2.98. The minimum atomic E-state index is 0.707. The van der Waals surface area contributed by atoms with Gasteiger partial charge in [0, 0.05) is 27.7 Å². The Balaban J connectivity index is 1.85. The van der Waals surface area contributed by atoms with Gasteiger partial charge in [0.1, 0.15) is 11.5 Å². The molecule has 0 saturated heterocycles. The number of methoxy groups -OCH3 is 2. The quantitative estimate of drug-likeness (QED) is 0.687. The number of benzene rings is 2. The van der Waals surface area contributed by atoms with Crippen molar-refractivity contribution in [3.05, 3.63) is 52.9 Å². The smallest absolute Gasteiger partial charge is 0.187 e. The van der Waals surface area contributed by atoms with E-state index in [0.29, 0.717) is 5.02 Å². The number of nitrogens with one attached hydrogen (secondary N) is 1. The highest BCUT2D eigenvalue weighted by Crippen LogP contribution is 2.35. The summed E-state index contributed by atoms with van der Waals surface area (Å²) in [5.74, 6) is 1.48.